The molecule has 4 rings (SSSR count). The van der Waals surface area contributed by atoms with Gasteiger partial charge in [0.05, 0.1) is 27.2 Å². The fourth-order valence-corrected chi connectivity index (χ4v) is 5.33. The van der Waals surface area contributed by atoms with E-state index in [1.165, 1.54) is 11.3 Å². The SMILES string of the molecule is CNc1ccc(-c2nc3cc(C)c([C@H](OC(C)(C)C)C(=O)O)c(-c4ccc(Cl)cc4)c3s2)cc1N. The third-order valence-corrected chi connectivity index (χ3v) is 6.98. The van der Waals surface area contributed by atoms with E-state index in [2.05, 4.69) is 5.32 Å². The molecule has 0 aliphatic heterocycles. The third kappa shape index (κ3) is 5.12. The molecule has 0 unspecified atom stereocenters. The Bertz CT molecular complexity index is 1410. The van der Waals surface area contributed by atoms with Crippen LogP contribution in [0, 0.1) is 6.92 Å². The summed E-state index contributed by atoms with van der Waals surface area (Å²) in [5, 5.41) is 14.7. The Hall–Kier alpha value is -3.13. The van der Waals surface area contributed by atoms with E-state index in [9.17, 15) is 9.90 Å². The number of aryl methyl sites for hydroxylation is 1. The van der Waals surface area contributed by atoms with Crippen LogP contribution in [-0.2, 0) is 9.53 Å². The van der Waals surface area contributed by atoms with Gasteiger partial charge < -0.3 is 20.9 Å². The number of rotatable bonds is 6. The molecular formula is C27H28ClN3O3S. The van der Waals surface area contributed by atoms with Crippen LogP contribution in [-0.4, -0.2) is 28.7 Å². The van der Waals surface area contributed by atoms with Gasteiger partial charge in [0.1, 0.15) is 5.01 Å². The van der Waals surface area contributed by atoms with E-state index < -0.39 is 17.7 Å². The number of carboxylic acid groups (broad SMARTS) is 1. The summed E-state index contributed by atoms with van der Waals surface area (Å²) in [5.41, 5.74) is 11.7. The van der Waals surface area contributed by atoms with E-state index in [-0.39, 0.29) is 0 Å². The minimum absolute atomic E-state index is 0.602. The summed E-state index contributed by atoms with van der Waals surface area (Å²) in [5.74, 6) is -1.04. The standard InChI is InChI=1S/C27H28ClN3O3S/c1-14-12-20-24(35-25(31-20)16-8-11-19(30-5)18(29)13-16)22(15-6-9-17(28)10-7-15)21(14)23(26(32)33)34-27(2,3)4/h6-13,23,30H,29H2,1-5H3,(H,32,33)/t23-/m0/s1. The first kappa shape index (κ1) is 25.0. The average Bonchev–Trinajstić information content (AvgIpc) is 3.20. The van der Waals surface area contributed by atoms with Crippen molar-refractivity contribution in [3.63, 3.8) is 0 Å². The molecule has 0 radical (unpaired) electrons. The normalized spacial score (nSPS) is 12.6. The highest BCUT2D eigenvalue weighted by molar-refractivity contribution is 7.22. The molecule has 4 N–H and O–H groups in total. The second-order valence-corrected chi connectivity index (χ2v) is 10.8. The van der Waals surface area contributed by atoms with Crippen LogP contribution in [0.15, 0.2) is 48.5 Å². The van der Waals surface area contributed by atoms with Gasteiger partial charge in [-0.2, -0.15) is 0 Å². The number of hydrogen-bond acceptors (Lipinski definition) is 6. The molecule has 35 heavy (non-hydrogen) atoms. The monoisotopic (exact) mass is 509 g/mol. The minimum Gasteiger partial charge on any atom is -0.479 e. The quantitative estimate of drug-likeness (QED) is 0.239. The number of nitrogens with one attached hydrogen (secondary N) is 1. The number of hydrogen-bond donors (Lipinski definition) is 3. The predicted octanol–water partition coefficient (Wildman–Crippen LogP) is 7.16. The molecule has 0 saturated heterocycles. The molecule has 3 aromatic carbocycles. The van der Waals surface area contributed by atoms with Crippen molar-refractivity contribution in [2.75, 3.05) is 18.1 Å². The molecule has 0 saturated carbocycles. The lowest BCUT2D eigenvalue weighted by atomic mass is 9.91. The van der Waals surface area contributed by atoms with E-state index in [4.69, 9.17) is 27.1 Å². The van der Waals surface area contributed by atoms with Crippen LogP contribution in [0.2, 0.25) is 5.02 Å². The Morgan fingerprint density at radius 3 is 2.37 bits per heavy atom. The van der Waals surface area contributed by atoms with Gasteiger partial charge in [0.25, 0.3) is 0 Å². The number of nitrogen functional groups attached to an aromatic ring is 1. The molecule has 0 amide bonds. The number of aliphatic carboxylic acids is 1. The lowest BCUT2D eigenvalue weighted by Gasteiger charge is -2.28. The molecule has 0 fully saturated rings. The molecule has 4 aromatic rings. The predicted molar refractivity (Wildman–Crippen MR) is 145 cm³/mol. The zero-order valence-corrected chi connectivity index (χ0v) is 21.8. The fourth-order valence-electron chi connectivity index (χ4n) is 4.09. The average molecular weight is 510 g/mol. The first-order valence-corrected chi connectivity index (χ1v) is 12.4. The first-order chi connectivity index (χ1) is 16.5. The van der Waals surface area contributed by atoms with Gasteiger partial charge in [-0.05, 0) is 75.2 Å². The highest BCUT2D eigenvalue weighted by Gasteiger charge is 2.32. The number of thiazole rings is 1. The summed E-state index contributed by atoms with van der Waals surface area (Å²) in [4.78, 5) is 17.3. The van der Waals surface area contributed by atoms with Gasteiger partial charge in [0, 0.05) is 28.8 Å². The zero-order chi connectivity index (χ0) is 25.5. The van der Waals surface area contributed by atoms with Gasteiger partial charge in [-0.25, -0.2) is 9.78 Å². The van der Waals surface area contributed by atoms with Crippen molar-refractivity contribution in [3.8, 4) is 21.7 Å². The zero-order valence-electron chi connectivity index (χ0n) is 20.3. The second-order valence-electron chi connectivity index (χ2n) is 9.36. The number of anilines is 2. The van der Waals surface area contributed by atoms with Crippen LogP contribution in [0.25, 0.3) is 31.9 Å². The third-order valence-electron chi connectivity index (χ3n) is 5.59. The largest absolute Gasteiger partial charge is 0.479 e. The number of halogens is 1. The number of carboxylic acids is 1. The van der Waals surface area contributed by atoms with Gasteiger partial charge in [0.15, 0.2) is 6.10 Å². The number of ether oxygens (including phenoxy) is 1. The number of carbonyl (C=O) groups is 1. The molecule has 0 bridgehead atoms. The van der Waals surface area contributed by atoms with Crippen LogP contribution < -0.4 is 11.1 Å². The Morgan fingerprint density at radius 2 is 1.80 bits per heavy atom. The lowest BCUT2D eigenvalue weighted by Crippen LogP contribution is -2.28. The number of benzene rings is 3. The number of nitrogens with zero attached hydrogens (tertiary/aromatic N) is 1. The Morgan fingerprint density at radius 1 is 1.14 bits per heavy atom. The smallest absolute Gasteiger partial charge is 0.337 e. The van der Waals surface area contributed by atoms with Crippen LogP contribution in [0.3, 0.4) is 0 Å². The topological polar surface area (TPSA) is 97.5 Å². The number of fused-ring (bicyclic) bond motifs is 1. The molecule has 1 atom stereocenters. The summed E-state index contributed by atoms with van der Waals surface area (Å²) in [6, 6.07) is 15.1. The molecule has 0 spiro atoms. The van der Waals surface area contributed by atoms with Gasteiger partial charge in [0.2, 0.25) is 0 Å². The molecule has 182 valence electrons. The fraction of sp³-hybridized carbons (Fsp3) is 0.259. The molecule has 1 heterocycles. The van der Waals surface area contributed by atoms with Crippen molar-refractivity contribution in [3.05, 3.63) is 64.7 Å². The maximum absolute atomic E-state index is 12.4. The van der Waals surface area contributed by atoms with Crippen molar-refractivity contribution >= 4 is 50.5 Å². The Balaban J connectivity index is 2.01. The van der Waals surface area contributed by atoms with Gasteiger partial charge >= 0.3 is 5.97 Å². The molecule has 8 heteroatoms. The van der Waals surface area contributed by atoms with Crippen LogP contribution in [0.4, 0.5) is 11.4 Å². The van der Waals surface area contributed by atoms with E-state index in [1.54, 1.807) is 12.1 Å². The van der Waals surface area contributed by atoms with Crippen molar-refractivity contribution < 1.29 is 14.6 Å². The highest BCUT2D eigenvalue weighted by Crippen LogP contribution is 2.44. The molecule has 0 aliphatic rings. The lowest BCUT2D eigenvalue weighted by molar-refractivity contribution is -0.160. The summed E-state index contributed by atoms with van der Waals surface area (Å²) in [7, 11) is 1.82. The van der Waals surface area contributed by atoms with Crippen LogP contribution >= 0.6 is 22.9 Å². The maximum atomic E-state index is 12.4. The van der Waals surface area contributed by atoms with E-state index in [1.807, 2.05) is 71.1 Å². The molecular weight excluding hydrogens is 482 g/mol. The maximum Gasteiger partial charge on any atom is 0.337 e. The van der Waals surface area contributed by atoms with Gasteiger partial charge in [-0.1, -0.05) is 23.7 Å². The number of nitrogens with two attached hydrogens (primary N) is 1. The van der Waals surface area contributed by atoms with Crippen molar-refractivity contribution in [2.45, 2.75) is 39.4 Å². The molecule has 1 aromatic heterocycles. The Kier molecular flexibility index (Phi) is 6.77. The minimum atomic E-state index is -1.15. The van der Waals surface area contributed by atoms with E-state index >= 15 is 0 Å². The van der Waals surface area contributed by atoms with E-state index in [0.717, 1.165) is 43.2 Å². The Labute approximate surface area is 213 Å². The molecule has 0 aliphatic carbocycles. The van der Waals surface area contributed by atoms with Crippen molar-refractivity contribution in [1.29, 1.82) is 0 Å². The number of aromatic nitrogens is 1. The van der Waals surface area contributed by atoms with Crippen molar-refractivity contribution in [2.24, 2.45) is 0 Å². The first-order valence-electron chi connectivity index (χ1n) is 11.2. The highest BCUT2D eigenvalue weighted by atomic mass is 35.5. The van der Waals surface area contributed by atoms with E-state index in [0.29, 0.717) is 16.3 Å². The summed E-state index contributed by atoms with van der Waals surface area (Å²) >= 11 is 7.67. The van der Waals surface area contributed by atoms with Crippen molar-refractivity contribution in [1.82, 2.24) is 4.98 Å². The summed E-state index contributed by atoms with van der Waals surface area (Å²) in [6.07, 6.45) is -1.15. The van der Waals surface area contributed by atoms with Gasteiger partial charge in [-0.3, -0.25) is 0 Å². The summed E-state index contributed by atoms with van der Waals surface area (Å²) < 4.78 is 6.95. The second kappa shape index (κ2) is 9.49. The van der Waals surface area contributed by atoms with Gasteiger partial charge in [-0.15, -0.1) is 11.3 Å². The van der Waals surface area contributed by atoms with Crippen LogP contribution in [0.5, 0.6) is 0 Å². The van der Waals surface area contributed by atoms with Crippen LogP contribution in [0.1, 0.15) is 38.0 Å². The summed E-state index contributed by atoms with van der Waals surface area (Å²) in [6.45, 7) is 7.45. The molecule has 6 nitrogen and oxygen atoms in total.